The maximum atomic E-state index is 10.00. The Bertz CT molecular complexity index is 583. The fraction of sp³-hybridized carbons (Fsp3) is 0.467. The van der Waals surface area contributed by atoms with E-state index < -0.39 is 6.10 Å². The summed E-state index contributed by atoms with van der Waals surface area (Å²) in [6, 6.07) is 7.67. The van der Waals surface area contributed by atoms with Crippen molar-refractivity contribution >= 4 is 0 Å². The maximum Gasteiger partial charge on any atom is 0.147 e. The molecule has 0 radical (unpaired) electrons. The lowest BCUT2D eigenvalue weighted by Gasteiger charge is -2.13. The molecule has 1 unspecified atom stereocenters. The van der Waals surface area contributed by atoms with Crippen LogP contribution in [0.5, 0.6) is 5.75 Å². The monoisotopic (exact) mass is 291 g/mol. The van der Waals surface area contributed by atoms with E-state index in [0.29, 0.717) is 19.0 Å². The summed E-state index contributed by atoms with van der Waals surface area (Å²) in [6.07, 6.45) is -0.625. The minimum Gasteiger partial charge on any atom is -0.496 e. The highest BCUT2D eigenvalue weighted by Gasteiger charge is 2.10. The molecule has 0 aliphatic rings. The molecular formula is C15H21N3O3. The highest BCUT2D eigenvalue weighted by Crippen LogP contribution is 2.18. The molecule has 0 aliphatic carbocycles. The van der Waals surface area contributed by atoms with E-state index in [4.69, 9.17) is 9.47 Å². The Hall–Kier alpha value is -1.92. The predicted octanol–water partition coefficient (Wildman–Crippen LogP) is 1.48. The molecule has 0 amide bonds. The molecule has 21 heavy (non-hydrogen) atoms. The second-order valence-corrected chi connectivity index (χ2v) is 4.87. The van der Waals surface area contributed by atoms with Crippen LogP contribution in [-0.4, -0.2) is 39.7 Å². The zero-order valence-electron chi connectivity index (χ0n) is 12.6. The van der Waals surface area contributed by atoms with E-state index in [-0.39, 0.29) is 6.61 Å². The second-order valence-electron chi connectivity index (χ2n) is 4.87. The van der Waals surface area contributed by atoms with Crippen molar-refractivity contribution in [3.63, 3.8) is 0 Å². The second kappa shape index (κ2) is 7.19. The third-order valence-corrected chi connectivity index (χ3v) is 3.11. The smallest absolute Gasteiger partial charge is 0.147 e. The summed E-state index contributed by atoms with van der Waals surface area (Å²) >= 11 is 0. The first-order chi connectivity index (χ1) is 10.1. The number of nitrogens with zero attached hydrogens (tertiary/aromatic N) is 3. The summed E-state index contributed by atoms with van der Waals surface area (Å²) in [5.74, 6) is 2.28. The normalized spacial score (nSPS) is 12.4. The van der Waals surface area contributed by atoms with Gasteiger partial charge in [0.15, 0.2) is 0 Å². The lowest BCUT2D eigenvalue weighted by Crippen LogP contribution is -2.23. The topological polar surface area (TPSA) is 69.4 Å². The molecule has 2 aromatic rings. The van der Waals surface area contributed by atoms with Crippen molar-refractivity contribution in [3.8, 4) is 5.75 Å². The van der Waals surface area contributed by atoms with Crippen LogP contribution in [0.2, 0.25) is 0 Å². The average Bonchev–Trinajstić information content (AvgIpc) is 2.77. The number of aliphatic hydroxyl groups excluding tert-OH is 1. The van der Waals surface area contributed by atoms with Crippen molar-refractivity contribution in [2.45, 2.75) is 33.1 Å². The number of ether oxygens (including phenoxy) is 2. The van der Waals surface area contributed by atoms with Crippen LogP contribution in [0.4, 0.5) is 0 Å². The summed E-state index contributed by atoms with van der Waals surface area (Å²) < 4.78 is 12.5. The molecule has 1 heterocycles. The average molecular weight is 291 g/mol. The van der Waals surface area contributed by atoms with Gasteiger partial charge >= 0.3 is 0 Å². The highest BCUT2D eigenvalue weighted by molar-refractivity contribution is 5.32. The Labute approximate surface area is 124 Å². The van der Waals surface area contributed by atoms with Gasteiger partial charge in [0, 0.05) is 5.56 Å². The Kier molecular flexibility index (Phi) is 5.30. The van der Waals surface area contributed by atoms with Gasteiger partial charge in [-0.2, -0.15) is 5.10 Å². The minimum atomic E-state index is -0.625. The number of aliphatic hydroxyl groups is 1. The zero-order valence-corrected chi connectivity index (χ0v) is 12.6. The third kappa shape index (κ3) is 4.27. The summed E-state index contributed by atoms with van der Waals surface area (Å²) in [5, 5.41) is 14.2. The van der Waals surface area contributed by atoms with Gasteiger partial charge in [-0.1, -0.05) is 18.2 Å². The number of hydrogen-bond donors (Lipinski definition) is 1. The van der Waals surface area contributed by atoms with Crippen molar-refractivity contribution in [1.82, 2.24) is 14.8 Å². The number of aryl methyl sites for hydroxylation is 2. The Morgan fingerprint density at radius 3 is 2.71 bits per heavy atom. The predicted molar refractivity (Wildman–Crippen MR) is 78.2 cm³/mol. The summed E-state index contributed by atoms with van der Waals surface area (Å²) in [5.41, 5.74) is 0.958. The van der Waals surface area contributed by atoms with E-state index >= 15 is 0 Å². The van der Waals surface area contributed by atoms with E-state index in [1.165, 1.54) is 0 Å². The third-order valence-electron chi connectivity index (χ3n) is 3.11. The molecular weight excluding hydrogens is 270 g/mol. The Morgan fingerprint density at radius 1 is 1.29 bits per heavy atom. The van der Waals surface area contributed by atoms with Crippen molar-refractivity contribution in [2.75, 3.05) is 13.7 Å². The van der Waals surface area contributed by atoms with Crippen LogP contribution in [0, 0.1) is 13.8 Å². The molecule has 1 atom stereocenters. The Morgan fingerprint density at radius 2 is 2.05 bits per heavy atom. The summed E-state index contributed by atoms with van der Waals surface area (Å²) in [7, 11) is 1.63. The van der Waals surface area contributed by atoms with E-state index in [1.54, 1.807) is 11.8 Å². The molecule has 0 aliphatic heterocycles. The number of benzene rings is 1. The molecule has 2 rings (SSSR count). The quantitative estimate of drug-likeness (QED) is 0.837. The molecule has 6 heteroatoms. The SMILES string of the molecule is COc1ccccc1COCC(O)Cn1nc(C)nc1C. The number of methoxy groups -OCH3 is 1. The molecule has 1 aromatic heterocycles. The lowest BCUT2D eigenvalue weighted by molar-refractivity contribution is 0.0177. The van der Waals surface area contributed by atoms with Gasteiger partial charge in [-0.25, -0.2) is 9.67 Å². The van der Waals surface area contributed by atoms with Gasteiger partial charge < -0.3 is 14.6 Å². The van der Waals surface area contributed by atoms with Crippen molar-refractivity contribution in [3.05, 3.63) is 41.5 Å². The van der Waals surface area contributed by atoms with E-state index in [2.05, 4.69) is 10.1 Å². The van der Waals surface area contributed by atoms with E-state index in [0.717, 1.165) is 17.1 Å². The highest BCUT2D eigenvalue weighted by atomic mass is 16.5. The number of para-hydroxylation sites is 1. The molecule has 0 saturated heterocycles. The van der Waals surface area contributed by atoms with Crippen LogP contribution in [-0.2, 0) is 17.9 Å². The molecule has 114 valence electrons. The standard InChI is InChI=1S/C15H21N3O3/c1-11-16-12(2)18(17-11)8-14(19)10-21-9-13-6-4-5-7-15(13)20-3/h4-7,14,19H,8-10H2,1-3H3. The van der Waals surface area contributed by atoms with Crippen molar-refractivity contribution < 1.29 is 14.6 Å². The lowest BCUT2D eigenvalue weighted by atomic mass is 10.2. The maximum absolute atomic E-state index is 10.00. The molecule has 0 fully saturated rings. The first kappa shape index (κ1) is 15.5. The molecule has 0 saturated carbocycles. The number of hydrogen-bond acceptors (Lipinski definition) is 5. The zero-order chi connectivity index (χ0) is 15.2. The summed E-state index contributed by atoms with van der Waals surface area (Å²) in [6.45, 7) is 4.70. The van der Waals surface area contributed by atoms with Crippen LogP contribution < -0.4 is 4.74 Å². The van der Waals surface area contributed by atoms with Gasteiger partial charge in [-0.3, -0.25) is 0 Å². The minimum absolute atomic E-state index is 0.233. The van der Waals surface area contributed by atoms with Gasteiger partial charge in [-0.15, -0.1) is 0 Å². The van der Waals surface area contributed by atoms with Crippen LogP contribution >= 0.6 is 0 Å². The van der Waals surface area contributed by atoms with Gasteiger partial charge in [0.05, 0.1) is 33.0 Å². The molecule has 0 bridgehead atoms. The fourth-order valence-electron chi connectivity index (χ4n) is 2.11. The van der Waals surface area contributed by atoms with E-state index in [9.17, 15) is 5.11 Å². The molecule has 6 nitrogen and oxygen atoms in total. The molecule has 1 aromatic carbocycles. The fourth-order valence-corrected chi connectivity index (χ4v) is 2.11. The first-order valence-corrected chi connectivity index (χ1v) is 6.86. The number of aromatic nitrogens is 3. The molecule has 0 spiro atoms. The van der Waals surface area contributed by atoms with Crippen molar-refractivity contribution in [1.29, 1.82) is 0 Å². The molecule has 1 N–H and O–H groups in total. The van der Waals surface area contributed by atoms with Crippen LogP contribution in [0.3, 0.4) is 0 Å². The van der Waals surface area contributed by atoms with Crippen LogP contribution in [0.25, 0.3) is 0 Å². The Balaban J connectivity index is 1.81. The van der Waals surface area contributed by atoms with Gasteiger partial charge in [0.2, 0.25) is 0 Å². The largest absolute Gasteiger partial charge is 0.496 e. The van der Waals surface area contributed by atoms with E-state index in [1.807, 2.05) is 38.1 Å². The van der Waals surface area contributed by atoms with Gasteiger partial charge in [0.25, 0.3) is 0 Å². The summed E-state index contributed by atoms with van der Waals surface area (Å²) in [4.78, 5) is 4.20. The van der Waals surface area contributed by atoms with Gasteiger partial charge in [-0.05, 0) is 19.9 Å². The first-order valence-electron chi connectivity index (χ1n) is 6.86. The van der Waals surface area contributed by atoms with Crippen molar-refractivity contribution in [2.24, 2.45) is 0 Å². The van der Waals surface area contributed by atoms with Gasteiger partial charge in [0.1, 0.15) is 17.4 Å². The number of rotatable bonds is 7. The van der Waals surface area contributed by atoms with Crippen LogP contribution in [0.15, 0.2) is 24.3 Å². The van der Waals surface area contributed by atoms with Crippen LogP contribution in [0.1, 0.15) is 17.2 Å².